The summed E-state index contributed by atoms with van der Waals surface area (Å²) in [6, 6.07) is 3.19. The summed E-state index contributed by atoms with van der Waals surface area (Å²) in [5.74, 6) is 0.859. The average Bonchev–Trinajstić information content (AvgIpc) is 3.09. The predicted octanol–water partition coefficient (Wildman–Crippen LogP) is 1.11. The van der Waals surface area contributed by atoms with Crippen molar-refractivity contribution in [1.82, 2.24) is 25.1 Å². The number of carbonyl (C=O) groups is 2. The number of rotatable bonds is 7. The van der Waals surface area contributed by atoms with Gasteiger partial charge in [-0.3, -0.25) is 4.79 Å². The lowest BCUT2D eigenvalue weighted by atomic mass is 10.1. The van der Waals surface area contributed by atoms with Gasteiger partial charge < -0.3 is 15.0 Å². The first-order valence-corrected chi connectivity index (χ1v) is 9.50. The minimum absolute atomic E-state index is 0.195. The van der Waals surface area contributed by atoms with Crippen LogP contribution in [-0.4, -0.2) is 57.4 Å². The smallest absolute Gasteiger partial charge is 0.328 e. The molecule has 1 atom stereocenters. The van der Waals surface area contributed by atoms with Crippen molar-refractivity contribution in [2.24, 2.45) is 0 Å². The highest BCUT2D eigenvalue weighted by molar-refractivity contribution is 5.84. The van der Waals surface area contributed by atoms with Crippen molar-refractivity contribution in [3.63, 3.8) is 0 Å². The molecular weight excluding hydrogens is 348 g/mol. The number of carbonyl (C=O) groups excluding carboxylic acids is 2. The van der Waals surface area contributed by atoms with E-state index in [1.54, 1.807) is 18.4 Å². The van der Waals surface area contributed by atoms with Gasteiger partial charge in [-0.25, -0.2) is 4.79 Å². The van der Waals surface area contributed by atoms with Gasteiger partial charge in [0, 0.05) is 25.9 Å². The van der Waals surface area contributed by atoms with Crippen molar-refractivity contribution < 1.29 is 14.3 Å². The first-order valence-electron chi connectivity index (χ1n) is 9.50. The van der Waals surface area contributed by atoms with Crippen molar-refractivity contribution in [1.29, 1.82) is 0 Å². The van der Waals surface area contributed by atoms with Gasteiger partial charge in [-0.05, 0) is 45.2 Å². The molecule has 1 aliphatic heterocycles. The third-order valence-corrected chi connectivity index (χ3v) is 4.59. The Morgan fingerprint density at radius 1 is 1.22 bits per heavy atom. The van der Waals surface area contributed by atoms with Crippen LogP contribution in [-0.2, 0) is 20.7 Å². The molecule has 1 aliphatic rings. The number of nitrogens with one attached hydrogen (secondary N) is 1. The molecule has 3 heterocycles. The van der Waals surface area contributed by atoms with E-state index >= 15 is 0 Å². The van der Waals surface area contributed by atoms with Gasteiger partial charge in [0.05, 0.1) is 6.61 Å². The average molecular weight is 374 g/mol. The number of fused-ring (bicyclic) bond motifs is 1. The number of hydrogen-bond acceptors (Lipinski definition) is 7. The first-order chi connectivity index (χ1) is 13.1. The maximum atomic E-state index is 12.1. The number of ether oxygens (including phenoxy) is 1. The largest absolute Gasteiger partial charge is 0.464 e. The Hall–Kier alpha value is -2.71. The lowest BCUT2D eigenvalue weighted by Gasteiger charge is -2.27. The number of nitrogens with zero attached hydrogens (tertiary/aromatic N) is 5. The van der Waals surface area contributed by atoms with Crippen molar-refractivity contribution in [3.05, 3.63) is 18.0 Å². The molecule has 9 heteroatoms. The maximum absolute atomic E-state index is 12.1. The summed E-state index contributed by atoms with van der Waals surface area (Å²) in [6.07, 6.45) is 4.19. The summed E-state index contributed by atoms with van der Waals surface area (Å²) in [4.78, 5) is 26.0. The van der Waals surface area contributed by atoms with Crippen molar-refractivity contribution in [2.75, 3.05) is 24.6 Å². The van der Waals surface area contributed by atoms with Gasteiger partial charge in [-0.1, -0.05) is 0 Å². The zero-order valence-corrected chi connectivity index (χ0v) is 15.8. The summed E-state index contributed by atoms with van der Waals surface area (Å²) in [5, 5.41) is 15.6. The van der Waals surface area contributed by atoms with Crippen LogP contribution < -0.4 is 10.2 Å². The van der Waals surface area contributed by atoms with E-state index in [0.29, 0.717) is 17.9 Å². The van der Waals surface area contributed by atoms with Gasteiger partial charge in [0.2, 0.25) is 5.91 Å². The third kappa shape index (κ3) is 4.72. The molecule has 0 unspecified atom stereocenters. The highest BCUT2D eigenvalue weighted by Gasteiger charge is 2.18. The maximum Gasteiger partial charge on any atom is 0.328 e. The van der Waals surface area contributed by atoms with Gasteiger partial charge in [-0.15, -0.1) is 15.3 Å². The van der Waals surface area contributed by atoms with Crippen LogP contribution >= 0.6 is 0 Å². The lowest BCUT2D eigenvalue weighted by Crippen LogP contribution is -2.39. The van der Waals surface area contributed by atoms with Gasteiger partial charge in [0.15, 0.2) is 11.5 Å². The van der Waals surface area contributed by atoms with Crippen molar-refractivity contribution in [3.8, 4) is 0 Å². The van der Waals surface area contributed by atoms with E-state index < -0.39 is 12.0 Å². The standard InChI is InChI=1S/C18H26N6O3/c1-3-27-18(26)13(2)19-17(25)10-9-15-21-20-14-7-8-16(22-24(14)15)23-11-5-4-6-12-23/h7-8,13H,3-6,9-12H2,1-2H3,(H,19,25)/t13-/m0/s1. The molecule has 2 aromatic rings. The molecular formula is C18H26N6O3. The topological polar surface area (TPSA) is 102 Å². The van der Waals surface area contributed by atoms with E-state index in [4.69, 9.17) is 4.74 Å². The summed E-state index contributed by atoms with van der Waals surface area (Å²) < 4.78 is 6.59. The SMILES string of the molecule is CCOC(=O)[C@H](C)NC(=O)CCc1nnc2ccc(N3CCCCC3)nn12. The Labute approximate surface area is 158 Å². The second-order valence-electron chi connectivity index (χ2n) is 6.67. The first kappa shape index (κ1) is 19.1. The van der Waals surface area contributed by atoms with Crippen LogP contribution in [0.3, 0.4) is 0 Å². The highest BCUT2D eigenvalue weighted by atomic mass is 16.5. The Morgan fingerprint density at radius 3 is 2.74 bits per heavy atom. The molecule has 1 N–H and O–H groups in total. The number of anilines is 1. The number of esters is 1. The van der Waals surface area contributed by atoms with Crippen LogP contribution in [0.25, 0.3) is 5.65 Å². The second kappa shape index (κ2) is 8.79. The molecule has 0 saturated carbocycles. The Bertz CT molecular complexity index is 799. The minimum Gasteiger partial charge on any atom is -0.464 e. The Morgan fingerprint density at radius 2 is 2.00 bits per heavy atom. The molecule has 0 aliphatic carbocycles. The third-order valence-electron chi connectivity index (χ3n) is 4.59. The zero-order chi connectivity index (χ0) is 19.2. The van der Waals surface area contributed by atoms with Gasteiger partial charge in [0.25, 0.3) is 0 Å². The molecule has 2 aromatic heterocycles. The van der Waals surface area contributed by atoms with Crippen LogP contribution in [0.15, 0.2) is 12.1 Å². The van der Waals surface area contributed by atoms with E-state index in [1.165, 1.54) is 19.3 Å². The van der Waals surface area contributed by atoms with Crippen LogP contribution in [0.2, 0.25) is 0 Å². The van der Waals surface area contributed by atoms with E-state index in [0.717, 1.165) is 18.9 Å². The van der Waals surface area contributed by atoms with Crippen LogP contribution in [0.4, 0.5) is 5.82 Å². The molecule has 1 saturated heterocycles. The number of hydrogen-bond donors (Lipinski definition) is 1. The summed E-state index contributed by atoms with van der Waals surface area (Å²) in [6.45, 7) is 5.63. The second-order valence-corrected chi connectivity index (χ2v) is 6.67. The minimum atomic E-state index is -0.670. The quantitative estimate of drug-likeness (QED) is 0.725. The van der Waals surface area contributed by atoms with E-state index in [1.807, 2.05) is 12.1 Å². The molecule has 0 bridgehead atoms. The Balaban J connectivity index is 1.62. The zero-order valence-electron chi connectivity index (χ0n) is 15.8. The molecule has 0 spiro atoms. The summed E-state index contributed by atoms with van der Waals surface area (Å²) in [5.41, 5.74) is 0.658. The normalized spacial score (nSPS) is 15.6. The van der Waals surface area contributed by atoms with Crippen LogP contribution in [0.5, 0.6) is 0 Å². The van der Waals surface area contributed by atoms with Crippen molar-refractivity contribution in [2.45, 2.75) is 52.0 Å². The molecule has 1 amide bonds. The predicted molar refractivity (Wildman–Crippen MR) is 99.4 cm³/mol. The van der Waals surface area contributed by atoms with Crippen molar-refractivity contribution >= 4 is 23.3 Å². The molecule has 0 radical (unpaired) electrons. The lowest BCUT2D eigenvalue weighted by molar-refractivity contribution is -0.146. The molecule has 27 heavy (non-hydrogen) atoms. The molecule has 3 rings (SSSR count). The van der Waals surface area contributed by atoms with E-state index in [2.05, 4.69) is 25.5 Å². The molecule has 0 aromatic carbocycles. The van der Waals surface area contributed by atoms with E-state index in [-0.39, 0.29) is 18.9 Å². The molecule has 146 valence electrons. The summed E-state index contributed by atoms with van der Waals surface area (Å²) in [7, 11) is 0. The molecule has 1 fully saturated rings. The number of amides is 1. The summed E-state index contributed by atoms with van der Waals surface area (Å²) >= 11 is 0. The monoisotopic (exact) mass is 374 g/mol. The van der Waals surface area contributed by atoms with Gasteiger partial charge >= 0.3 is 5.97 Å². The van der Waals surface area contributed by atoms with Crippen LogP contribution in [0, 0.1) is 0 Å². The van der Waals surface area contributed by atoms with E-state index in [9.17, 15) is 9.59 Å². The highest BCUT2D eigenvalue weighted by Crippen LogP contribution is 2.18. The fraction of sp³-hybridized carbons (Fsp3) is 0.611. The van der Waals surface area contributed by atoms with Gasteiger partial charge in [-0.2, -0.15) is 4.52 Å². The van der Waals surface area contributed by atoms with Crippen LogP contribution in [0.1, 0.15) is 45.4 Å². The Kier molecular flexibility index (Phi) is 6.20. The molecule has 9 nitrogen and oxygen atoms in total. The van der Waals surface area contributed by atoms with Gasteiger partial charge in [0.1, 0.15) is 11.9 Å². The number of piperidine rings is 1. The number of aromatic nitrogens is 4. The fourth-order valence-electron chi connectivity index (χ4n) is 3.14. The fourth-order valence-corrected chi connectivity index (χ4v) is 3.14. The number of aryl methyl sites for hydroxylation is 1.